The molecule has 4 rings (SSSR count). The average Bonchev–Trinajstić information content (AvgIpc) is 2.99. The van der Waals surface area contributed by atoms with Crippen molar-refractivity contribution in [1.82, 2.24) is 29.5 Å². The van der Waals surface area contributed by atoms with Crippen LogP contribution in [0.2, 0.25) is 0 Å². The van der Waals surface area contributed by atoms with Crippen LogP contribution in [0.5, 0.6) is 0 Å². The van der Waals surface area contributed by atoms with Gasteiger partial charge in [0.15, 0.2) is 11.3 Å². The van der Waals surface area contributed by atoms with E-state index in [0.29, 0.717) is 5.65 Å². The molecule has 6 heteroatoms. The summed E-state index contributed by atoms with van der Waals surface area (Å²) in [5.74, 6) is 0.733. The van der Waals surface area contributed by atoms with E-state index in [9.17, 15) is 0 Å². The van der Waals surface area contributed by atoms with Crippen LogP contribution < -0.4 is 0 Å². The standard InChI is InChI=1S/C16H18N6/c1-2-4-12(5-3-1)9-22-11-20-15-16(22)21-14(8-19-15)13-6-17-10-18-7-13/h6-8,10-12H,1-5,9H2. The van der Waals surface area contributed by atoms with Crippen LogP contribution in [0.4, 0.5) is 0 Å². The van der Waals surface area contributed by atoms with Crippen molar-refractivity contribution in [2.45, 2.75) is 38.6 Å². The fraction of sp³-hybridized carbons (Fsp3) is 0.438. The fourth-order valence-corrected chi connectivity index (χ4v) is 3.19. The summed E-state index contributed by atoms with van der Waals surface area (Å²) in [6, 6.07) is 0. The summed E-state index contributed by atoms with van der Waals surface area (Å²) in [6.45, 7) is 0.986. The lowest BCUT2D eigenvalue weighted by Crippen LogP contribution is -2.14. The molecule has 0 N–H and O–H groups in total. The predicted molar refractivity (Wildman–Crippen MR) is 82.9 cm³/mol. The van der Waals surface area contributed by atoms with Gasteiger partial charge in [0.25, 0.3) is 0 Å². The zero-order valence-electron chi connectivity index (χ0n) is 12.4. The lowest BCUT2D eigenvalue weighted by atomic mass is 9.89. The molecule has 0 atom stereocenters. The van der Waals surface area contributed by atoms with Crippen LogP contribution in [-0.2, 0) is 6.54 Å². The second-order valence-corrected chi connectivity index (χ2v) is 5.93. The van der Waals surface area contributed by atoms with Gasteiger partial charge >= 0.3 is 0 Å². The minimum Gasteiger partial charge on any atom is -0.314 e. The van der Waals surface area contributed by atoms with Gasteiger partial charge in [-0.2, -0.15) is 0 Å². The summed E-state index contributed by atoms with van der Waals surface area (Å²) in [7, 11) is 0. The van der Waals surface area contributed by atoms with E-state index in [2.05, 4.69) is 24.5 Å². The van der Waals surface area contributed by atoms with Gasteiger partial charge < -0.3 is 4.57 Å². The molecule has 3 heterocycles. The maximum absolute atomic E-state index is 4.73. The first-order valence-electron chi connectivity index (χ1n) is 7.83. The maximum Gasteiger partial charge on any atom is 0.197 e. The molecular formula is C16H18N6. The molecule has 22 heavy (non-hydrogen) atoms. The highest BCUT2D eigenvalue weighted by molar-refractivity contribution is 5.70. The highest BCUT2D eigenvalue weighted by Crippen LogP contribution is 2.26. The normalized spacial score (nSPS) is 16.2. The van der Waals surface area contributed by atoms with Gasteiger partial charge in [0.1, 0.15) is 6.33 Å². The van der Waals surface area contributed by atoms with Crippen molar-refractivity contribution >= 4 is 11.3 Å². The zero-order chi connectivity index (χ0) is 14.8. The predicted octanol–water partition coefficient (Wildman–Crippen LogP) is 2.86. The highest BCUT2D eigenvalue weighted by atomic mass is 15.1. The second kappa shape index (κ2) is 5.79. The fourth-order valence-electron chi connectivity index (χ4n) is 3.19. The van der Waals surface area contributed by atoms with Crippen molar-refractivity contribution < 1.29 is 0 Å². The molecule has 0 radical (unpaired) electrons. The molecular weight excluding hydrogens is 276 g/mol. The molecule has 6 nitrogen and oxygen atoms in total. The summed E-state index contributed by atoms with van der Waals surface area (Å²) in [6.07, 6.45) is 15.3. The molecule has 0 saturated heterocycles. The van der Waals surface area contributed by atoms with Crippen LogP contribution in [0.1, 0.15) is 32.1 Å². The van der Waals surface area contributed by atoms with Crippen molar-refractivity contribution in [2.24, 2.45) is 5.92 Å². The van der Waals surface area contributed by atoms with E-state index >= 15 is 0 Å². The van der Waals surface area contributed by atoms with E-state index in [1.54, 1.807) is 18.6 Å². The van der Waals surface area contributed by atoms with Crippen LogP contribution in [0.3, 0.4) is 0 Å². The number of fused-ring (bicyclic) bond motifs is 1. The monoisotopic (exact) mass is 294 g/mol. The number of rotatable bonds is 3. The Bertz CT molecular complexity index is 761. The number of hydrogen-bond acceptors (Lipinski definition) is 5. The Morgan fingerprint density at radius 2 is 1.82 bits per heavy atom. The Balaban J connectivity index is 1.67. The summed E-state index contributed by atoms with van der Waals surface area (Å²) in [4.78, 5) is 21.6. The molecule has 1 aliphatic carbocycles. The van der Waals surface area contributed by atoms with Crippen molar-refractivity contribution in [1.29, 1.82) is 0 Å². The smallest absolute Gasteiger partial charge is 0.197 e. The zero-order valence-corrected chi connectivity index (χ0v) is 12.4. The van der Waals surface area contributed by atoms with Crippen LogP contribution >= 0.6 is 0 Å². The molecule has 3 aromatic heterocycles. The van der Waals surface area contributed by atoms with E-state index in [0.717, 1.165) is 29.4 Å². The van der Waals surface area contributed by atoms with Crippen molar-refractivity contribution in [3.63, 3.8) is 0 Å². The third-order valence-electron chi connectivity index (χ3n) is 4.36. The summed E-state index contributed by atoms with van der Waals surface area (Å²) in [5.41, 5.74) is 3.23. The Kier molecular flexibility index (Phi) is 3.50. The number of hydrogen-bond donors (Lipinski definition) is 0. The Hall–Kier alpha value is -2.37. The van der Waals surface area contributed by atoms with Crippen molar-refractivity contribution in [3.8, 4) is 11.3 Å². The third-order valence-corrected chi connectivity index (χ3v) is 4.36. The van der Waals surface area contributed by atoms with Gasteiger partial charge in [0.2, 0.25) is 0 Å². The number of aromatic nitrogens is 6. The number of imidazole rings is 1. The number of nitrogens with zero attached hydrogens (tertiary/aromatic N) is 6. The molecule has 0 bridgehead atoms. The molecule has 0 amide bonds. The van der Waals surface area contributed by atoms with Crippen LogP contribution in [-0.4, -0.2) is 29.5 Å². The summed E-state index contributed by atoms with van der Waals surface area (Å²) >= 11 is 0. The summed E-state index contributed by atoms with van der Waals surface area (Å²) in [5, 5.41) is 0. The van der Waals surface area contributed by atoms with Gasteiger partial charge in [-0.25, -0.2) is 24.9 Å². The lowest BCUT2D eigenvalue weighted by Gasteiger charge is -2.21. The van der Waals surface area contributed by atoms with Gasteiger partial charge in [0.05, 0.1) is 18.2 Å². The molecule has 1 fully saturated rings. The molecule has 3 aromatic rings. The quantitative estimate of drug-likeness (QED) is 0.743. The van der Waals surface area contributed by atoms with Crippen molar-refractivity contribution in [3.05, 3.63) is 31.2 Å². The molecule has 1 saturated carbocycles. The first-order valence-corrected chi connectivity index (χ1v) is 7.83. The highest BCUT2D eigenvalue weighted by Gasteiger charge is 2.16. The van der Waals surface area contributed by atoms with E-state index < -0.39 is 0 Å². The Morgan fingerprint density at radius 1 is 1.00 bits per heavy atom. The van der Waals surface area contributed by atoms with Crippen LogP contribution in [0.15, 0.2) is 31.2 Å². The molecule has 0 aromatic carbocycles. The van der Waals surface area contributed by atoms with E-state index in [1.807, 2.05) is 6.33 Å². The summed E-state index contributed by atoms with van der Waals surface area (Å²) < 4.78 is 2.14. The molecule has 0 spiro atoms. The lowest BCUT2D eigenvalue weighted by molar-refractivity contribution is 0.321. The SMILES string of the molecule is c1ncc(-c2cnc3ncn(CC4CCCCC4)c3n2)cn1. The maximum atomic E-state index is 4.73. The minimum atomic E-state index is 0.705. The third kappa shape index (κ3) is 2.56. The van der Waals surface area contributed by atoms with Crippen LogP contribution in [0.25, 0.3) is 22.6 Å². The van der Waals surface area contributed by atoms with Gasteiger partial charge in [-0.15, -0.1) is 0 Å². The van der Waals surface area contributed by atoms with E-state index in [4.69, 9.17) is 4.98 Å². The first kappa shape index (κ1) is 13.3. The van der Waals surface area contributed by atoms with Crippen molar-refractivity contribution in [2.75, 3.05) is 0 Å². The molecule has 0 aliphatic heterocycles. The molecule has 112 valence electrons. The molecule has 1 aliphatic rings. The van der Waals surface area contributed by atoms with E-state index in [1.165, 1.54) is 38.4 Å². The van der Waals surface area contributed by atoms with Gasteiger partial charge in [0, 0.05) is 24.5 Å². The first-order chi connectivity index (χ1) is 10.9. The van der Waals surface area contributed by atoms with E-state index in [-0.39, 0.29) is 0 Å². The van der Waals surface area contributed by atoms with Gasteiger partial charge in [-0.3, -0.25) is 0 Å². The second-order valence-electron chi connectivity index (χ2n) is 5.93. The largest absolute Gasteiger partial charge is 0.314 e. The Labute approximate surface area is 128 Å². The average molecular weight is 294 g/mol. The van der Waals surface area contributed by atoms with Gasteiger partial charge in [-0.05, 0) is 18.8 Å². The molecule has 0 unspecified atom stereocenters. The minimum absolute atomic E-state index is 0.705. The van der Waals surface area contributed by atoms with Crippen LogP contribution in [0, 0.1) is 5.92 Å². The Morgan fingerprint density at radius 3 is 2.64 bits per heavy atom. The van der Waals surface area contributed by atoms with Gasteiger partial charge in [-0.1, -0.05) is 19.3 Å². The topological polar surface area (TPSA) is 69.4 Å².